The molecular weight excluding hydrogens is 238 g/mol. The van der Waals surface area contributed by atoms with Crippen LogP contribution in [0.5, 0.6) is 0 Å². The van der Waals surface area contributed by atoms with Crippen molar-refractivity contribution in [2.75, 3.05) is 38.7 Å². The predicted molar refractivity (Wildman–Crippen MR) is 69.8 cm³/mol. The van der Waals surface area contributed by atoms with Gasteiger partial charge in [0.1, 0.15) is 5.82 Å². The predicted octanol–water partition coefficient (Wildman–Crippen LogP) is 0.768. The molecule has 1 saturated heterocycles. The van der Waals surface area contributed by atoms with Crippen LogP contribution < -0.4 is 11.3 Å². The van der Waals surface area contributed by atoms with E-state index >= 15 is 0 Å². The van der Waals surface area contributed by atoms with Gasteiger partial charge < -0.3 is 10.3 Å². The van der Waals surface area contributed by atoms with Crippen LogP contribution in [0.3, 0.4) is 0 Å². The van der Waals surface area contributed by atoms with Crippen LogP contribution in [-0.2, 0) is 6.54 Å². The van der Waals surface area contributed by atoms with E-state index in [0.29, 0.717) is 10.8 Å². The van der Waals surface area contributed by atoms with Crippen molar-refractivity contribution >= 4 is 17.4 Å². The molecule has 1 aromatic heterocycles. The molecule has 94 valence electrons. The average Bonchev–Trinajstić information content (AvgIpc) is 2.35. The SMILES string of the molecule is CN1CCN(Cc2nc(NN)ccc2Cl)CC1. The first-order valence-electron chi connectivity index (χ1n) is 5.72. The van der Waals surface area contributed by atoms with Gasteiger partial charge in [0, 0.05) is 32.7 Å². The van der Waals surface area contributed by atoms with Gasteiger partial charge >= 0.3 is 0 Å². The van der Waals surface area contributed by atoms with Gasteiger partial charge in [-0.3, -0.25) is 4.90 Å². The number of hydrogen-bond acceptors (Lipinski definition) is 5. The second kappa shape index (κ2) is 5.64. The van der Waals surface area contributed by atoms with Crippen LogP contribution in [0.1, 0.15) is 5.69 Å². The molecule has 3 N–H and O–H groups in total. The summed E-state index contributed by atoms with van der Waals surface area (Å²) in [5.41, 5.74) is 3.42. The van der Waals surface area contributed by atoms with Crippen LogP contribution in [0.15, 0.2) is 12.1 Å². The Morgan fingerprint density at radius 1 is 1.35 bits per heavy atom. The van der Waals surface area contributed by atoms with Crippen molar-refractivity contribution in [3.8, 4) is 0 Å². The van der Waals surface area contributed by atoms with E-state index in [1.807, 2.05) is 6.07 Å². The monoisotopic (exact) mass is 255 g/mol. The molecule has 1 aliphatic rings. The second-order valence-electron chi connectivity index (χ2n) is 4.35. The minimum atomic E-state index is 0.651. The summed E-state index contributed by atoms with van der Waals surface area (Å²) in [6, 6.07) is 3.60. The van der Waals surface area contributed by atoms with Crippen LogP contribution in [-0.4, -0.2) is 48.0 Å². The topological polar surface area (TPSA) is 57.4 Å². The van der Waals surface area contributed by atoms with Gasteiger partial charge in [0.2, 0.25) is 0 Å². The average molecular weight is 256 g/mol. The summed E-state index contributed by atoms with van der Waals surface area (Å²) in [6.07, 6.45) is 0. The van der Waals surface area contributed by atoms with Crippen molar-refractivity contribution in [2.45, 2.75) is 6.54 Å². The Morgan fingerprint density at radius 2 is 2.06 bits per heavy atom. The van der Waals surface area contributed by atoms with Crippen LogP contribution >= 0.6 is 11.6 Å². The number of nitrogens with zero attached hydrogens (tertiary/aromatic N) is 3. The molecule has 0 amide bonds. The molecule has 0 aliphatic carbocycles. The Labute approximate surface area is 107 Å². The summed E-state index contributed by atoms with van der Waals surface area (Å²) < 4.78 is 0. The molecule has 0 unspecified atom stereocenters. The Morgan fingerprint density at radius 3 is 2.71 bits per heavy atom. The lowest BCUT2D eigenvalue weighted by Gasteiger charge is -2.32. The van der Waals surface area contributed by atoms with E-state index in [2.05, 4.69) is 27.3 Å². The van der Waals surface area contributed by atoms with Gasteiger partial charge in [-0.1, -0.05) is 11.6 Å². The van der Waals surface area contributed by atoms with Crippen molar-refractivity contribution in [1.82, 2.24) is 14.8 Å². The number of likely N-dealkylation sites (N-methyl/N-ethyl adjacent to an activating group) is 1. The third-order valence-electron chi connectivity index (χ3n) is 3.04. The fourth-order valence-corrected chi connectivity index (χ4v) is 2.06. The number of piperazine rings is 1. The molecule has 0 bridgehead atoms. The van der Waals surface area contributed by atoms with Gasteiger partial charge in [-0.05, 0) is 19.2 Å². The molecule has 1 aromatic rings. The van der Waals surface area contributed by atoms with Gasteiger partial charge in [0.25, 0.3) is 0 Å². The van der Waals surface area contributed by atoms with Gasteiger partial charge in [-0.2, -0.15) is 0 Å². The standard InChI is InChI=1S/C11H18ClN5/c1-16-4-6-17(7-5-16)8-10-9(12)2-3-11(14-10)15-13/h2-3H,4-8,13H2,1H3,(H,14,15). The smallest absolute Gasteiger partial charge is 0.140 e. The van der Waals surface area contributed by atoms with Crippen LogP contribution in [0.25, 0.3) is 0 Å². The second-order valence-corrected chi connectivity index (χ2v) is 4.76. The van der Waals surface area contributed by atoms with Gasteiger partial charge in [0.15, 0.2) is 0 Å². The molecule has 5 nitrogen and oxygen atoms in total. The molecule has 2 rings (SSSR count). The zero-order valence-corrected chi connectivity index (χ0v) is 10.7. The Balaban J connectivity index is 2.02. The third kappa shape index (κ3) is 3.29. The highest BCUT2D eigenvalue weighted by molar-refractivity contribution is 6.31. The number of hydrogen-bond donors (Lipinski definition) is 2. The summed E-state index contributed by atoms with van der Waals surface area (Å²) in [4.78, 5) is 9.06. The van der Waals surface area contributed by atoms with Crippen LogP contribution in [0.2, 0.25) is 5.02 Å². The van der Waals surface area contributed by atoms with Crippen molar-refractivity contribution in [3.63, 3.8) is 0 Å². The fourth-order valence-electron chi connectivity index (χ4n) is 1.89. The van der Waals surface area contributed by atoms with Crippen molar-refractivity contribution < 1.29 is 0 Å². The number of nitrogen functional groups attached to an aromatic ring is 1. The first-order chi connectivity index (χ1) is 8.19. The van der Waals surface area contributed by atoms with Gasteiger partial charge in [-0.25, -0.2) is 10.8 Å². The van der Waals surface area contributed by atoms with E-state index in [-0.39, 0.29) is 0 Å². The van der Waals surface area contributed by atoms with E-state index in [1.165, 1.54) is 0 Å². The maximum atomic E-state index is 6.13. The number of anilines is 1. The molecule has 1 fully saturated rings. The summed E-state index contributed by atoms with van der Waals surface area (Å²) >= 11 is 6.13. The number of halogens is 1. The highest BCUT2D eigenvalue weighted by Crippen LogP contribution is 2.18. The van der Waals surface area contributed by atoms with E-state index < -0.39 is 0 Å². The molecule has 0 radical (unpaired) electrons. The number of rotatable bonds is 3. The van der Waals surface area contributed by atoms with Crippen molar-refractivity contribution in [1.29, 1.82) is 0 Å². The maximum absolute atomic E-state index is 6.13. The van der Waals surface area contributed by atoms with E-state index in [9.17, 15) is 0 Å². The number of pyridine rings is 1. The van der Waals surface area contributed by atoms with Crippen LogP contribution in [0.4, 0.5) is 5.82 Å². The summed E-state index contributed by atoms with van der Waals surface area (Å²) in [6.45, 7) is 5.06. The summed E-state index contributed by atoms with van der Waals surface area (Å²) in [7, 11) is 2.14. The summed E-state index contributed by atoms with van der Waals surface area (Å²) in [5.74, 6) is 6.00. The molecule has 6 heteroatoms. The maximum Gasteiger partial charge on any atom is 0.140 e. The molecule has 0 saturated carbocycles. The Kier molecular flexibility index (Phi) is 4.17. The highest BCUT2D eigenvalue weighted by atomic mass is 35.5. The Bertz CT molecular complexity index is 376. The number of hydrazine groups is 1. The number of aromatic nitrogens is 1. The largest absolute Gasteiger partial charge is 0.308 e. The van der Waals surface area contributed by atoms with Crippen molar-refractivity contribution in [3.05, 3.63) is 22.8 Å². The first kappa shape index (κ1) is 12.6. The molecule has 0 aromatic carbocycles. The minimum Gasteiger partial charge on any atom is -0.308 e. The number of nitrogens with one attached hydrogen (secondary N) is 1. The minimum absolute atomic E-state index is 0.651. The normalized spacial score (nSPS) is 18.3. The number of nitrogens with two attached hydrogens (primary N) is 1. The van der Waals surface area contributed by atoms with Gasteiger partial charge in [0.05, 0.1) is 10.7 Å². The summed E-state index contributed by atoms with van der Waals surface area (Å²) in [5, 5.41) is 0.697. The lowest BCUT2D eigenvalue weighted by Crippen LogP contribution is -2.44. The van der Waals surface area contributed by atoms with Crippen LogP contribution in [0, 0.1) is 0 Å². The first-order valence-corrected chi connectivity index (χ1v) is 6.10. The molecular formula is C11H18ClN5. The molecule has 1 aliphatic heterocycles. The zero-order valence-electron chi connectivity index (χ0n) is 9.99. The molecule has 2 heterocycles. The quantitative estimate of drug-likeness (QED) is 0.617. The fraction of sp³-hybridized carbons (Fsp3) is 0.545. The zero-order chi connectivity index (χ0) is 12.3. The van der Waals surface area contributed by atoms with Crippen molar-refractivity contribution in [2.24, 2.45) is 5.84 Å². The molecule has 17 heavy (non-hydrogen) atoms. The third-order valence-corrected chi connectivity index (χ3v) is 3.38. The highest BCUT2D eigenvalue weighted by Gasteiger charge is 2.15. The van der Waals surface area contributed by atoms with E-state index in [1.54, 1.807) is 6.07 Å². The molecule has 0 spiro atoms. The van der Waals surface area contributed by atoms with E-state index in [4.69, 9.17) is 17.4 Å². The molecule has 0 atom stereocenters. The Hall–Kier alpha value is -0.880. The lowest BCUT2D eigenvalue weighted by molar-refractivity contribution is 0.147. The van der Waals surface area contributed by atoms with E-state index in [0.717, 1.165) is 38.4 Å². The lowest BCUT2D eigenvalue weighted by atomic mass is 10.2. The van der Waals surface area contributed by atoms with Gasteiger partial charge in [-0.15, -0.1) is 0 Å².